The Balaban J connectivity index is 1.74. The molecule has 31 heavy (non-hydrogen) atoms. The van der Waals surface area contributed by atoms with E-state index in [-0.39, 0.29) is 6.10 Å². The molecule has 8 heteroatoms. The number of hydrogen-bond acceptors (Lipinski definition) is 5. The summed E-state index contributed by atoms with van der Waals surface area (Å²) in [4.78, 5) is 13.0. The van der Waals surface area contributed by atoms with E-state index in [1.165, 1.54) is 20.0 Å². The number of ether oxygens (including phenoxy) is 2. The van der Waals surface area contributed by atoms with Crippen molar-refractivity contribution in [1.82, 2.24) is 0 Å². The van der Waals surface area contributed by atoms with Gasteiger partial charge in [0.25, 0.3) is 0 Å². The van der Waals surface area contributed by atoms with E-state index in [9.17, 15) is 13.2 Å². The highest BCUT2D eigenvalue weighted by Crippen LogP contribution is 2.27. The molecular formula is C23H30N2O5S. The smallest absolute Gasteiger partial charge is 0.248 e. The van der Waals surface area contributed by atoms with E-state index in [1.54, 1.807) is 43.3 Å². The van der Waals surface area contributed by atoms with Crippen molar-refractivity contribution in [2.75, 3.05) is 23.0 Å². The fourth-order valence-corrected chi connectivity index (χ4v) is 5.04. The zero-order valence-corrected chi connectivity index (χ0v) is 19.0. The molecule has 0 saturated heterocycles. The van der Waals surface area contributed by atoms with Crippen molar-refractivity contribution in [3.8, 4) is 11.5 Å². The van der Waals surface area contributed by atoms with Gasteiger partial charge in [-0.15, -0.1) is 0 Å². The molecule has 1 aliphatic carbocycles. The molecule has 1 atom stereocenters. The van der Waals surface area contributed by atoms with Crippen LogP contribution in [0.4, 0.5) is 11.4 Å². The van der Waals surface area contributed by atoms with Gasteiger partial charge in [0, 0.05) is 5.69 Å². The Kier molecular flexibility index (Phi) is 7.43. The highest BCUT2D eigenvalue weighted by atomic mass is 32.2. The topological polar surface area (TPSA) is 84.9 Å². The lowest BCUT2D eigenvalue weighted by Crippen LogP contribution is -2.46. The summed E-state index contributed by atoms with van der Waals surface area (Å²) in [5.74, 6) is 0.982. The molecule has 0 unspecified atom stereocenters. The van der Waals surface area contributed by atoms with Gasteiger partial charge in [0.05, 0.1) is 25.2 Å². The lowest BCUT2D eigenvalue weighted by Gasteiger charge is -2.30. The van der Waals surface area contributed by atoms with Crippen LogP contribution in [0.5, 0.6) is 11.5 Å². The molecule has 168 valence electrons. The fraction of sp³-hybridized carbons (Fsp3) is 0.435. The maximum atomic E-state index is 13.0. The summed E-state index contributed by atoms with van der Waals surface area (Å²) in [7, 11) is -2.16. The Morgan fingerprint density at radius 3 is 2.16 bits per heavy atom. The molecule has 0 heterocycles. The summed E-state index contributed by atoms with van der Waals surface area (Å²) >= 11 is 0. The van der Waals surface area contributed by atoms with E-state index in [1.807, 2.05) is 12.1 Å². The van der Waals surface area contributed by atoms with Gasteiger partial charge in [-0.3, -0.25) is 9.10 Å². The molecule has 3 rings (SSSR count). The molecule has 1 fully saturated rings. The van der Waals surface area contributed by atoms with E-state index in [2.05, 4.69) is 5.32 Å². The molecule has 2 aromatic rings. The normalized spacial score (nSPS) is 15.3. The highest BCUT2D eigenvalue weighted by Gasteiger charge is 2.31. The quantitative estimate of drug-likeness (QED) is 0.624. The van der Waals surface area contributed by atoms with Gasteiger partial charge in [-0.2, -0.15) is 0 Å². The largest absolute Gasteiger partial charge is 0.497 e. The van der Waals surface area contributed by atoms with Gasteiger partial charge < -0.3 is 14.8 Å². The van der Waals surface area contributed by atoms with Gasteiger partial charge >= 0.3 is 0 Å². The van der Waals surface area contributed by atoms with Gasteiger partial charge in [0.2, 0.25) is 15.9 Å². The lowest BCUT2D eigenvalue weighted by molar-refractivity contribution is -0.117. The third kappa shape index (κ3) is 5.91. The lowest BCUT2D eigenvalue weighted by atomic mass is 10.1. The third-order valence-corrected chi connectivity index (χ3v) is 6.56. The summed E-state index contributed by atoms with van der Waals surface area (Å²) in [6.45, 7) is 1.78. The van der Waals surface area contributed by atoms with Crippen LogP contribution in [-0.2, 0) is 14.8 Å². The molecule has 1 aliphatic rings. The van der Waals surface area contributed by atoms with E-state index in [0.717, 1.165) is 29.2 Å². The Morgan fingerprint density at radius 2 is 1.65 bits per heavy atom. The number of amides is 1. The molecule has 1 amide bonds. The van der Waals surface area contributed by atoms with Crippen molar-refractivity contribution in [3.63, 3.8) is 0 Å². The highest BCUT2D eigenvalue weighted by molar-refractivity contribution is 7.92. The first-order valence-electron chi connectivity index (χ1n) is 10.5. The van der Waals surface area contributed by atoms with Crippen LogP contribution in [0.1, 0.15) is 39.0 Å². The average Bonchev–Trinajstić information content (AvgIpc) is 3.25. The van der Waals surface area contributed by atoms with Crippen LogP contribution >= 0.6 is 0 Å². The second-order valence-corrected chi connectivity index (χ2v) is 9.58. The van der Waals surface area contributed by atoms with Crippen molar-refractivity contribution < 1.29 is 22.7 Å². The molecule has 7 nitrogen and oxygen atoms in total. The number of carbonyl (C=O) groups is 1. The summed E-state index contributed by atoms with van der Waals surface area (Å²) in [6, 6.07) is 12.9. The maximum Gasteiger partial charge on any atom is 0.248 e. The molecule has 0 aromatic heterocycles. The third-order valence-electron chi connectivity index (χ3n) is 5.38. The fourth-order valence-electron chi connectivity index (χ4n) is 3.83. The summed E-state index contributed by atoms with van der Waals surface area (Å²) in [6.07, 6.45) is 6.21. The van der Waals surface area contributed by atoms with Gasteiger partial charge in [-0.05, 0) is 80.6 Å². The standard InChI is InChI=1S/C23H30N2O5S/c1-4-22(25(31(3,27)28)18-11-15-19(29-2)16-12-18)23(26)24-17-9-13-21(14-10-17)30-20-7-5-6-8-20/h9-16,20,22H,4-8H2,1-3H3,(H,24,26)/t22-/m0/s1. The van der Waals surface area contributed by atoms with E-state index in [0.29, 0.717) is 23.5 Å². The number of nitrogens with one attached hydrogen (secondary N) is 1. The molecular weight excluding hydrogens is 416 g/mol. The molecule has 1 N–H and O–H groups in total. The van der Waals surface area contributed by atoms with Crippen LogP contribution < -0.4 is 19.1 Å². The van der Waals surface area contributed by atoms with E-state index in [4.69, 9.17) is 9.47 Å². The number of methoxy groups -OCH3 is 1. The zero-order chi connectivity index (χ0) is 22.4. The number of sulfonamides is 1. The predicted molar refractivity (Wildman–Crippen MR) is 122 cm³/mol. The number of carbonyl (C=O) groups excluding carboxylic acids is 1. The Morgan fingerprint density at radius 1 is 1.06 bits per heavy atom. The maximum absolute atomic E-state index is 13.0. The molecule has 1 saturated carbocycles. The number of rotatable bonds is 9. The van der Waals surface area contributed by atoms with Crippen LogP contribution in [-0.4, -0.2) is 39.8 Å². The SMILES string of the molecule is CC[C@@H](C(=O)Nc1ccc(OC2CCCC2)cc1)N(c1ccc(OC)cc1)S(C)(=O)=O. The van der Waals surface area contributed by atoms with Crippen LogP contribution in [0.25, 0.3) is 0 Å². The minimum absolute atomic E-state index is 0.262. The van der Waals surface area contributed by atoms with Crippen molar-refractivity contribution in [2.24, 2.45) is 0 Å². The molecule has 2 aromatic carbocycles. The van der Waals surface area contributed by atoms with Gasteiger partial charge in [0.15, 0.2) is 0 Å². The van der Waals surface area contributed by atoms with Gasteiger partial charge in [-0.25, -0.2) is 8.42 Å². The van der Waals surface area contributed by atoms with Crippen LogP contribution in [0.15, 0.2) is 48.5 Å². The van der Waals surface area contributed by atoms with Gasteiger partial charge in [-0.1, -0.05) is 6.92 Å². The van der Waals surface area contributed by atoms with Crippen LogP contribution in [0.2, 0.25) is 0 Å². The van der Waals surface area contributed by atoms with E-state index >= 15 is 0 Å². The van der Waals surface area contributed by atoms with Crippen molar-refractivity contribution in [3.05, 3.63) is 48.5 Å². The number of nitrogens with zero attached hydrogens (tertiary/aromatic N) is 1. The summed E-state index contributed by atoms with van der Waals surface area (Å²) < 4.78 is 37.3. The first kappa shape index (κ1) is 22.9. The first-order chi connectivity index (χ1) is 14.8. The van der Waals surface area contributed by atoms with Crippen molar-refractivity contribution in [2.45, 2.75) is 51.2 Å². The zero-order valence-electron chi connectivity index (χ0n) is 18.2. The van der Waals surface area contributed by atoms with Crippen LogP contribution in [0.3, 0.4) is 0 Å². The minimum Gasteiger partial charge on any atom is -0.497 e. The number of benzene rings is 2. The second kappa shape index (κ2) is 10.0. The minimum atomic E-state index is -3.69. The monoisotopic (exact) mass is 446 g/mol. The van der Waals surface area contributed by atoms with Crippen molar-refractivity contribution in [1.29, 1.82) is 0 Å². The summed E-state index contributed by atoms with van der Waals surface area (Å²) in [5.41, 5.74) is 0.996. The van der Waals surface area contributed by atoms with Crippen molar-refractivity contribution >= 4 is 27.3 Å². The van der Waals surface area contributed by atoms with Gasteiger partial charge in [0.1, 0.15) is 17.5 Å². The molecule has 0 spiro atoms. The number of anilines is 2. The predicted octanol–water partition coefficient (Wildman–Crippen LogP) is 4.20. The Bertz CT molecular complexity index is 968. The first-order valence-corrected chi connectivity index (χ1v) is 12.4. The Hall–Kier alpha value is -2.74. The second-order valence-electron chi connectivity index (χ2n) is 7.72. The molecule has 0 aliphatic heterocycles. The molecule has 0 radical (unpaired) electrons. The number of hydrogen-bond donors (Lipinski definition) is 1. The summed E-state index contributed by atoms with van der Waals surface area (Å²) in [5, 5.41) is 2.83. The Labute approximate surface area is 184 Å². The molecule has 0 bridgehead atoms. The van der Waals surface area contributed by atoms with E-state index < -0.39 is 22.0 Å². The average molecular weight is 447 g/mol. The van der Waals surface area contributed by atoms with Crippen LogP contribution in [0, 0.1) is 0 Å².